The van der Waals surface area contributed by atoms with E-state index in [2.05, 4.69) is 6.58 Å². The van der Waals surface area contributed by atoms with E-state index in [0.717, 1.165) is 5.48 Å². The molecule has 0 fully saturated rings. The fourth-order valence-electron chi connectivity index (χ4n) is 0. The fourth-order valence-corrected chi connectivity index (χ4v) is 0. The largest absolute Gasteiger partial charge is 0.478 e. The minimum Gasteiger partial charge on any atom is -0.478 e. The Morgan fingerprint density at radius 2 is 1.55 bits per heavy atom. The maximum atomic E-state index is 9.60. The molecule has 0 aromatic heterocycles. The topological polar surface area (TPSA) is 107 Å². The summed E-state index contributed by atoms with van der Waals surface area (Å²) < 4.78 is 0. The number of carboxylic acids is 1. The summed E-state index contributed by atoms with van der Waals surface area (Å²) in [4.78, 5) is 18.6. The van der Waals surface area contributed by atoms with Gasteiger partial charge in [-0.2, -0.15) is 0 Å². The molecular weight excluding hydrogens is 154 g/mol. The standard InChI is InChI=1S/C4H6O2.CH3NO3/c1-3(2)4(5)6;3-1(4)2-5/h1H2,2H3,(H,5,6);2,5H,(H,3,4). The minimum atomic E-state index is -1.44. The zero-order valence-corrected chi connectivity index (χ0v) is 5.87. The zero-order valence-electron chi connectivity index (χ0n) is 5.87. The van der Waals surface area contributed by atoms with Gasteiger partial charge >= 0.3 is 12.1 Å². The van der Waals surface area contributed by atoms with Gasteiger partial charge in [0.05, 0.1) is 0 Å². The Kier molecular flexibility index (Phi) is 7.24. The van der Waals surface area contributed by atoms with Crippen molar-refractivity contribution in [3.63, 3.8) is 0 Å². The number of hydrogen-bond acceptors (Lipinski definition) is 3. The van der Waals surface area contributed by atoms with Gasteiger partial charge in [0.1, 0.15) is 0 Å². The molecule has 6 nitrogen and oxygen atoms in total. The van der Waals surface area contributed by atoms with Crippen LogP contribution >= 0.6 is 0 Å². The van der Waals surface area contributed by atoms with E-state index < -0.39 is 12.1 Å². The highest BCUT2D eigenvalue weighted by molar-refractivity contribution is 5.84. The molecule has 64 valence electrons. The van der Waals surface area contributed by atoms with Gasteiger partial charge in [0.15, 0.2) is 0 Å². The van der Waals surface area contributed by atoms with Crippen LogP contribution in [0, 0.1) is 0 Å². The Hall–Kier alpha value is -1.56. The molecule has 0 aromatic carbocycles. The first-order valence-electron chi connectivity index (χ1n) is 2.43. The number of carbonyl (C=O) groups is 2. The molecule has 0 heterocycles. The first-order chi connectivity index (χ1) is 4.91. The molecule has 0 aromatic rings. The van der Waals surface area contributed by atoms with Gasteiger partial charge in [-0.15, -0.1) is 0 Å². The molecule has 0 aliphatic carbocycles. The molecular formula is C5H9NO5. The van der Waals surface area contributed by atoms with Crippen molar-refractivity contribution in [3.8, 4) is 0 Å². The van der Waals surface area contributed by atoms with E-state index >= 15 is 0 Å². The van der Waals surface area contributed by atoms with Gasteiger partial charge in [-0.25, -0.2) is 15.1 Å². The molecule has 1 amide bonds. The fraction of sp³-hybridized carbons (Fsp3) is 0.200. The van der Waals surface area contributed by atoms with Crippen LogP contribution < -0.4 is 5.48 Å². The normalized spacial score (nSPS) is 7.09. The van der Waals surface area contributed by atoms with E-state index in [1.165, 1.54) is 6.92 Å². The van der Waals surface area contributed by atoms with E-state index in [0.29, 0.717) is 0 Å². The Labute approximate surface area is 62.7 Å². The third kappa shape index (κ3) is 17.8. The van der Waals surface area contributed by atoms with Crippen molar-refractivity contribution in [2.45, 2.75) is 6.92 Å². The second-order valence-corrected chi connectivity index (χ2v) is 1.50. The van der Waals surface area contributed by atoms with Gasteiger partial charge < -0.3 is 10.2 Å². The van der Waals surface area contributed by atoms with Gasteiger partial charge in [0.2, 0.25) is 0 Å². The molecule has 6 heteroatoms. The molecule has 0 radical (unpaired) electrons. The van der Waals surface area contributed by atoms with Crippen LogP contribution in [0.5, 0.6) is 0 Å². The monoisotopic (exact) mass is 163 g/mol. The van der Waals surface area contributed by atoms with Crippen molar-refractivity contribution in [1.29, 1.82) is 0 Å². The summed E-state index contributed by atoms with van der Waals surface area (Å²) in [5.41, 5.74) is 1.12. The summed E-state index contributed by atoms with van der Waals surface area (Å²) in [6, 6.07) is 0. The number of carboxylic acid groups (broad SMARTS) is 2. The summed E-state index contributed by atoms with van der Waals surface area (Å²) in [7, 11) is 0. The number of aliphatic carboxylic acids is 1. The van der Waals surface area contributed by atoms with Crippen molar-refractivity contribution in [2.75, 3.05) is 0 Å². The summed E-state index contributed by atoms with van der Waals surface area (Å²) >= 11 is 0. The molecule has 0 aliphatic rings. The Bertz CT molecular complexity index is 152. The molecule has 0 bridgehead atoms. The van der Waals surface area contributed by atoms with Crippen LogP contribution in [0.3, 0.4) is 0 Å². The predicted molar refractivity (Wildman–Crippen MR) is 35.4 cm³/mol. The Balaban J connectivity index is 0. The third-order valence-electron chi connectivity index (χ3n) is 0.461. The van der Waals surface area contributed by atoms with E-state index in [1.807, 2.05) is 0 Å². The molecule has 0 atom stereocenters. The average molecular weight is 163 g/mol. The Morgan fingerprint density at radius 1 is 1.36 bits per heavy atom. The molecule has 0 spiro atoms. The lowest BCUT2D eigenvalue weighted by Crippen LogP contribution is -2.14. The maximum absolute atomic E-state index is 9.60. The van der Waals surface area contributed by atoms with Gasteiger partial charge in [-0.05, 0) is 6.92 Å². The average Bonchev–Trinajstić information content (AvgIpc) is 1.89. The van der Waals surface area contributed by atoms with Crippen LogP contribution in [0.4, 0.5) is 4.79 Å². The zero-order chi connectivity index (χ0) is 9.44. The van der Waals surface area contributed by atoms with Gasteiger partial charge in [-0.1, -0.05) is 6.58 Å². The first-order valence-corrected chi connectivity index (χ1v) is 2.43. The maximum Gasteiger partial charge on any atom is 0.428 e. The number of amides is 1. The number of rotatable bonds is 1. The SMILES string of the molecule is C=C(C)C(=O)O.O=C(O)NO. The quantitative estimate of drug-likeness (QED) is 0.252. The van der Waals surface area contributed by atoms with Crippen LogP contribution in [-0.4, -0.2) is 27.5 Å². The first kappa shape index (κ1) is 12.1. The molecule has 0 rings (SSSR count). The molecule has 0 saturated heterocycles. The molecule has 0 saturated carbocycles. The van der Waals surface area contributed by atoms with Crippen molar-refractivity contribution in [1.82, 2.24) is 5.48 Å². The lowest BCUT2D eigenvalue weighted by Gasteiger charge is -1.79. The van der Waals surface area contributed by atoms with Gasteiger partial charge in [0.25, 0.3) is 0 Å². The van der Waals surface area contributed by atoms with Crippen LogP contribution in [0.25, 0.3) is 0 Å². The number of nitrogens with one attached hydrogen (secondary N) is 1. The second kappa shape index (κ2) is 6.56. The molecule has 11 heavy (non-hydrogen) atoms. The Morgan fingerprint density at radius 3 is 1.55 bits per heavy atom. The molecule has 4 N–H and O–H groups in total. The van der Waals surface area contributed by atoms with Crippen molar-refractivity contribution in [2.24, 2.45) is 0 Å². The van der Waals surface area contributed by atoms with Crippen LogP contribution in [0.1, 0.15) is 6.92 Å². The predicted octanol–water partition coefficient (Wildman–Crippen LogP) is 0.290. The van der Waals surface area contributed by atoms with Crippen molar-refractivity contribution < 1.29 is 25.0 Å². The van der Waals surface area contributed by atoms with Crippen LogP contribution in [0.15, 0.2) is 12.2 Å². The number of hydroxylamine groups is 1. The van der Waals surface area contributed by atoms with E-state index in [9.17, 15) is 4.79 Å². The smallest absolute Gasteiger partial charge is 0.428 e. The minimum absolute atomic E-state index is 0.176. The summed E-state index contributed by atoms with van der Waals surface area (Å²) in [5.74, 6) is -0.935. The highest BCUT2D eigenvalue weighted by Gasteiger charge is 1.90. The van der Waals surface area contributed by atoms with Crippen molar-refractivity contribution >= 4 is 12.1 Å². The summed E-state index contributed by atoms with van der Waals surface area (Å²) in [5, 5.41) is 22.5. The summed E-state index contributed by atoms with van der Waals surface area (Å²) in [6.07, 6.45) is -1.44. The number of hydrogen-bond donors (Lipinski definition) is 4. The highest BCUT2D eigenvalue weighted by Crippen LogP contribution is 1.81. The lowest BCUT2D eigenvalue weighted by molar-refractivity contribution is -0.132. The van der Waals surface area contributed by atoms with Crippen LogP contribution in [0.2, 0.25) is 0 Å². The second-order valence-electron chi connectivity index (χ2n) is 1.50. The van der Waals surface area contributed by atoms with E-state index in [-0.39, 0.29) is 5.57 Å². The van der Waals surface area contributed by atoms with Gasteiger partial charge in [-0.3, -0.25) is 5.21 Å². The lowest BCUT2D eigenvalue weighted by atomic mass is 10.4. The molecule has 0 aliphatic heterocycles. The van der Waals surface area contributed by atoms with E-state index in [4.69, 9.17) is 20.2 Å². The summed E-state index contributed by atoms with van der Waals surface area (Å²) in [6.45, 7) is 4.60. The van der Waals surface area contributed by atoms with Crippen molar-refractivity contribution in [3.05, 3.63) is 12.2 Å². The highest BCUT2D eigenvalue weighted by atomic mass is 16.5. The van der Waals surface area contributed by atoms with Gasteiger partial charge in [0, 0.05) is 5.57 Å². The van der Waals surface area contributed by atoms with Crippen LogP contribution in [-0.2, 0) is 4.79 Å². The third-order valence-corrected chi connectivity index (χ3v) is 0.461. The molecule has 0 unspecified atom stereocenters. The van der Waals surface area contributed by atoms with E-state index in [1.54, 1.807) is 0 Å².